The molecule has 7 heteroatoms. The van der Waals surface area contributed by atoms with Crippen LogP contribution < -0.4 is 10.3 Å². The third-order valence-electron chi connectivity index (χ3n) is 6.82. The molecule has 1 heterocycles. The van der Waals surface area contributed by atoms with Gasteiger partial charge in [-0.2, -0.15) is 0 Å². The SMILES string of the molecule is COc1ccccc1-n1c(C(C)N(Cc2ccccc2)C(=O)COCc2ccccc2)nc2ccccc2c1=O. The molecule has 0 spiro atoms. The highest BCUT2D eigenvalue weighted by Crippen LogP contribution is 2.28. The van der Waals surface area contributed by atoms with Crippen LogP contribution in [0.25, 0.3) is 16.6 Å². The Kier molecular flexibility index (Phi) is 8.32. The van der Waals surface area contributed by atoms with Crippen molar-refractivity contribution in [2.24, 2.45) is 0 Å². The fraction of sp³-hybridized carbons (Fsp3) is 0.182. The summed E-state index contributed by atoms with van der Waals surface area (Å²) in [5.74, 6) is 0.754. The number of methoxy groups -OCH3 is 1. The van der Waals surface area contributed by atoms with E-state index in [2.05, 4.69) is 0 Å². The summed E-state index contributed by atoms with van der Waals surface area (Å²) in [4.78, 5) is 34.3. The van der Waals surface area contributed by atoms with Crippen LogP contribution in [0.2, 0.25) is 0 Å². The summed E-state index contributed by atoms with van der Waals surface area (Å²) < 4.78 is 13.0. The summed E-state index contributed by atoms with van der Waals surface area (Å²) in [6, 6.07) is 33.5. The smallest absolute Gasteiger partial charge is 0.266 e. The molecule has 0 radical (unpaired) electrons. The van der Waals surface area contributed by atoms with E-state index < -0.39 is 6.04 Å². The molecule has 1 unspecified atom stereocenters. The largest absolute Gasteiger partial charge is 0.495 e. The Bertz CT molecular complexity index is 1650. The van der Waals surface area contributed by atoms with Crippen LogP contribution in [0.1, 0.15) is 29.9 Å². The predicted octanol–water partition coefficient (Wildman–Crippen LogP) is 5.70. The van der Waals surface area contributed by atoms with E-state index in [0.717, 1.165) is 11.1 Å². The molecule has 5 rings (SSSR count). The van der Waals surface area contributed by atoms with Gasteiger partial charge in [-0.05, 0) is 42.3 Å². The van der Waals surface area contributed by atoms with E-state index in [-0.39, 0.29) is 18.1 Å². The molecule has 0 saturated carbocycles. The van der Waals surface area contributed by atoms with Crippen molar-refractivity contribution in [2.75, 3.05) is 13.7 Å². The number of ether oxygens (including phenoxy) is 2. The van der Waals surface area contributed by atoms with Crippen molar-refractivity contribution in [3.05, 3.63) is 136 Å². The van der Waals surface area contributed by atoms with Crippen molar-refractivity contribution in [2.45, 2.75) is 26.1 Å². The summed E-state index contributed by atoms with van der Waals surface area (Å²) in [5.41, 5.74) is 2.83. The molecule has 1 amide bonds. The first-order chi connectivity index (χ1) is 19.6. The Labute approximate surface area is 233 Å². The Morgan fingerprint density at radius 3 is 2.20 bits per heavy atom. The van der Waals surface area contributed by atoms with E-state index in [0.29, 0.717) is 41.3 Å². The van der Waals surface area contributed by atoms with Crippen molar-refractivity contribution < 1.29 is 14.3 Å². The first-order valence-electron chi connectivity index (χ1n) is 13.2. The van der Waals surface area contributed by atoms with Crippen molar-refractivity contribution in [3.8, 4) is 11.4 Å². The number of fused-ring (bicyclic) bond motifs is 1. The van der Waals surface area contributed by atoms with Gasteiger partial charge in [-0.25, -0.2) is 4.98 Å². The molecule has 0 saturated heterocycles. The summed E-state index contributed by atoms with van der Waals surface area (Å²) >= 11 is 0. The highest BCUT2D eigenvalue weighted by atomic mass is 16.5. The van der Waals surface area contributed by atoms with Crippen LogP contribution in [-0.4, -0.2) is 34.1 Å². The molecule has 0 N–H and O–H groups in total. The fourth-order valence-electron chi connectivity index (χ4n) is 4.75. The van der Waals surface area contributed by atoms with Crippen molar-refractivity contribution in [1.29, 1.82) is 0 Å². The highest BCUT2D eigenvalue weighted by molar-refractivity contribution is 5.79. The van der Waals surface area contributed by atoms with Gasteiger partial charge in [0.05, 0.1) is 36.3 Å². The van der Waals surface area contributed by atoms with Crippen LogP contribution in [-0.2, 0) is 22.7 Å². The molecule has 40 heavy (non-hydrogen) atoms. The molecule has 1 atom stereocenters. The molecule has 5 aromatic rings. The number of nitrogens with zero attached hydrogens (tertiary/aromatic N) is 3. The first-order valence-corrected chi connectivity index (χ1v) is 13.2. The number of hydrogen-bond acceptors (Lipinski definition) is 5. The van der Waals surface area contributed by atoms with E-state index >= 15 is 0 Å². The molecule has 7 nitrogen and oxygen atoms in total. The summed E-state index contributed by atoms with van der Waals surface area (Å²) in [6.45, 7) is 2.42. The number of carbonyl (C=O) groups excluding carboxylic acids is 1. The van der Waals surface area contributed by atoms with Crippen LogP contribution in [0.3, 0.4) is 0 Å². The van der Waals surface area contributed by atoms with Gasteiger partial charge in [0.2, 0.25) is 5.91 Å². The van der Waals surface area contributed by atoms with E-state index in [9.17, 15) is 9.59 Å². The zero-order valence-corrected chi connectivity index (χ0v) is 22.6. The number of rotatable bonds is 10. The first kappa shape index (κ1) is 26.8. The van der Waals surface area contributed by atoms with E-state index in [4.69, 9.17) is 14.5 Å². The van der Waals surface area contributed by atoms with Gasteiger partial charge in [0, 0.05) is 6.54 Å². The maximum absolute atomic E-state index is 13.9. The highest BCUT2D eigenvalue weighted by Gasteiger charge is 2.28. The quantitative estimate of drug-likeness (QED) is 0.230. The summed E-state index contributed by atoms with van der Waals surface area (Å²) in [5, 5.41) is 0.483. The Hall–Kier alpha value is -4.75. The number of carbonyl (C=O) groups is 1. The Morgan fingerprint density at radius 2 is 1.48 bits per heavy atom. The second-order valence-corrected chi connectivity index (χ2v) is 9.46. The van der Waals surface area contributed by atoms with Crippen molar-refractivity contribution in [3.63, 3.8) is 0 Å². The van der Waals surface area contributed by atoms with E-state index in [1.54, 1.807) is 28.7 Å². The van der Waals surface area contributed by atoms with Crippen LogP contribution in [0.15, 0.2) is 114 Å². The molecule has 0 aliphatic carbocycles. The third-order valence-corrected chi connectivity index (χ3v) is 6.82. The lowest BCUT2D eigenvalue weighted by Gasteiger charge is -2.31. The van der Waals surface area contributed by atoms with Crippen LogP contribution in [0.5, 0.6) is 5.75 Å². The normalized spacial score (nSPS) is 11.8. The number of hydrogen-bond donors (Lipinski definition) is 0. The van der Waals surface area contributed by atoms with E-state index in [1.807, 2.05) is 104 Å². The standard InChI is InChI=1S/C33H31N3O4/c1-24(35(21-25-13-5-3-6-14-25)31(37)23-40-22-26-15-7-4-8-16-26)32-34-28-18-10-9-17-27(28)33(38)36(32)29-19-11-12-20-30(29)39-2/h3-20,24H,21-23H2,1-2H3. The minimum Gasteiger partial charge on any atom is -0.495 e. The Balaban J connectivity index is 1.57. The summed E-state index contributed by atoms with van der Waals surface area (Å²) in [6.07, 6.45) is 0. The lowest BCUT2D eigenvalue weighted by Crippen LogP contribution is -2.39. The van der Waals surface area contributed by atoms with Crippen LogP contribution in [0.4, 0.5) is 0 Å². The minimum absolute atomic E-state index is 0.113. The average Bonchev–Trinajstić information content (AvgIpc) is 3.00. The second kappa shape index (κ2) is 12.4. The molecule has 0 bridgehead atoms. The third kappa shape index (κ3) is 5.80. The van der Waals surface area contributed by atoms with Crippen molar-refractivity contribution >= 4 is 16.8 Å². The van der Waals surface area contributed by atoms with Crippen molar-refractivity contribution in [1.82, 2.24) is 14.5 Å². The lowest BCUT2D eigenvalue weighted by molar-refractivity contribution is -0.139. The van der Waals surface area contributed by atoms with Gasteiger partial charge in [0.25, 0.3) is 5.56 Å². The molecular weight excluding hydrogens is 502 g/mol. The monoisotopic (exact) mass is 533 g/mol. The maximum atomic E-state index is 13.9. The van der Waals surface area contributed by atoms with E-state index in [1.165, 1.54) is 0 Å². The molecule has 1 aromatic heterocycles. The zero-order chi connectivity index (χ0) is 27.9. The van der Waals surface area contributed by atoms with Gasteiger partial charge in [0.1, 0.15) is 18.2 Å². The number of para-hydroxylation sites is 3. The van der Waals surface area contributed by atoms with Gasteiger partial charge in [-0.15, -0.1) is 0 Å². The predicted molar refractivity (Wildman–Crippen MR) is 155 cm³/mol. The van der Waals surface area contributed by atoms with Gasteiger partial charge in [0.15, 0.2) is 0 Å². The number of aromatic nitrogens is 2. The molecule has 0 aliphatic heterocycles. The second-order valence-electron chi connectivity index (χ2n) is 9.46. The fourth-order valence-corrected chi connectivity index (χ4v) is 4.75. The maximum Gasteiger partial charge on any atom is 0.266 e. The van der Waals surface area contributed by atoms with Gasteiger partial charge in [-0.1, -0.05) is 84.9 Å². The molecule has 0 fully saturated rings. The molecule has 0 aliphatic rings. The molecule has 4 aromatic carbocycles. The van der Waals surface area contributed by atoms with Crippen LogP contribution in [0, 0.1) is 0 Å². The van der Waals surface area contributed by atoms with Gasteiger partial charge < -0.3 is 14.4 Å². The van der Waals surface area contributed by atoms with Gasteiger partial charge in [-0.3, -0.25) is 14.2 Å². The topological polar surface area (TPSA) is 73.7 Å². The number of amides is 1. The summed E-state index contributed by atoms with van der Waals surface area (Å²) in [7, 11) is 1.57. The van der Waals surface area contributed by atoms with Crippen LogP contribution >= 0.6 is 0 Å². The zero-order valence-electron chi connectivity index (χ0n) is 22.6. The molecular formula is C33H31N3O4. The number of benzene rings is 4. The average molecular weight is 534 g/mol. The minimum atomic E-state index is -0.574. The van der Waals surface area contributed by atoms with Gasteiger partial charge >= 0.3 is 0 Å². The lowest BCUT2D eigenvalue weighted by atomic mass is 10.1. The Morgan fingerprint density at radius 1 is 0.850 bits per heavy atom. The molecule has 202 valence electrons.